The van der Waals surface area contributed by atoms with Crippen LogP contribution in [-0.2, 0) is 22.4 Å². The lowest BCUT2D eigenvalue weighted by molar-refractivity contribution is -0.118. The zero-order valence-electron chi connectivity index (χ0n) is 14.2. The zero-order chi connectivity index (χ0) is 16.9. The maximum absolute atomic E-state index is 12.0. The average Bonchev–Trinajstić information content (AvgIpc) is 2.94. The summed E-state index contributed by atoms with van der Waals surface area (Å²) < 4.78 is 4.99. The van der Waals surface area contributed by atoms with Gasteiger partial charge in [-0.25, -0.2) is 9.97 Å². The van der Waals surface area contributed by atoms with Crippen LogP contribution in [0, 0.1) is 6.92 Å². The molecule has 0 bridgehead atoms. The van der Waals surface area contributed by atoms with E-state index in [0.29, 0.717) is 18.9 Å². The van der Waals surface area contributed by atoms with E-state index in [1.807, 2.05) is 6.92 Å². The molecule has 1 aliphatic carbocycles. The van der Waals surface area contributed by atoms with Gasteiger partial charge in [0, 0.05) is 30.5 Å². The Balaban J connectivity index is 1.72. The van der Waals surface area contributed by atoms with Crippen molar-refractivity contribution in [3.63, 3.8) is 0 Å². The van der Waals surface area contributed by atoms with Gasteiger partial charge in [0.15, 0.2) is 0 Å². The molecule has 2 aromatic heterocycles. The molecule has 1 N–H and O–H groups in total. The third-order valence-electron chi connectivity index (χ3n) is 4.08. The first-order valence-electron chi connectivity index (χ1n) is 8.36. The van der Waals surface area contributed by atoms with Crippen LogP contribution in [0.5, 0.6) is 0 Å². The number of ether oxygens (including phenoxy) is 1. The second-order valence-electron chi connectivity index (χ2n) is 5.95. The minimum atomic E-state index is 0.0459. The number of thiophene rings is 1. The lowest BCUT2D eigenvalue weighted by atomic mass is 9.97. The van der Waals surface area contributed by atoms with Crippen LogP contribution < -0.4 is 5.32 Å². The number of carbonyl (C=O) groups is 1. The van der Waals surface area contributed by atoms with Gasteiger partial charge in [0.1, 0.15) is 15.7 Å². The minimum absolute atomic E-state index is 0.0459. The van der Waals surface area contributed by atoms with Crippen molar-refractivity contribution in [2.45, 2.75) is 44.1 Å². The van der Waals surface area contributed by atoms with E-state index in [0.717, 1.165) is 34.9 Å². The predicted octanol–water partition coefficient (Wildman–Crippen LogP) is 3.12. The summed E-state index contributed by atoms with van der Waals surface area (Å²) in [5.41, 5.74) is 1.42. The molecule has 0 fully saturated rings. The van der Waals surface area contributed by atoms with Gasteiger partial charge >= 0.3 is 0 Å². The lowest BCUT2D eigenvalue weighted by Crippen LogP contribution is -2.26. The molecule has 5 nitrogen and oxygen atoms in total. The average molecular weight is 366 g/mol. The number of aromatic nitrogens is 2. The summed E-state index contributed by atoms with van der Waals surface area (Å²) in [7, 11) is 1.67. The van der Waals surface area contributed by atoms with Crippen LogP contribution in [-0.4, -0.2) is 41.9 Å². The van der Waals surface area contributed by atoms with Crippen LogP contribution in [0.15, 0.2) is 5.03 Å². The summed E-state index contributed by atoms with van der Waals surface area (Å²) in [6.45, 7) is 3.24. The van der Waals surface area contributed by atoms with Crippen LogP contribution in [0.25, 0.3) is 10.2 Å². The van der Waals surface area contributed by atoms with Crippen LogP contribution in [0.2, 0.25) is 0 Å². The SMILES string of the molecule is COCCCNC(=O)CSc1nc(C)nc2sc3c(c12)CCCC3. The summed E-state index contributed by atoms with van der Waals surface area (Å²) in [4.78, 5) is 23.8. The van der Waals surface area contributed by atoms with E-state index in [-0.39, 0.29) is 5.91 Å². The molecule has 2 heterocycles. The highest BCUT2D eigenvalue weighted by Crippen LogP contribution is 2.39. The van der Waals surface area contributed by atoms with Crippen LogP contribution in [0.1, 0.15) is 35.5 Å². The number of aryl methyl sites for hydroxylation is 3. The van der Waals surface area contributed by atoms with E-state index in [1.165, 1.54) is 40.4 Å². The standard InChI is InChI=1S/C17H23N3O2S2/c1-11-19-16(23-10-14(21)18-8-5-9-22-2)15-12-6-3-4-7-13(12)24-17(15)20-11/h3-10H2,1-2H3,(H,18,21). The van der Waals surface area contributed by atoms with Gasteiger partial charge < -0.3 is 10.1 Å². The third kappa shape index (κ3) is 4.07. The quantitative estimate of drug-likeness (QED) is 0.464. The maximum Gasteiger partial charge on any atom is 0.230 e. The van der Waals surface area contributed by atoms with Crippen LogP contribution in [0.3, 0.4) is 0 Å². The van der Waals surface area contributed by atoms with E-state index in [4.69, 9.17) is 4.74 Å². The predicted molar refractivity (Wildman–Crippen MR) is 99.0 cm³/mol. The van der Waals surface area contributed by atoms with E-state index >= 15 is 0 Å². The van der Waals surface area contributed by atoms with Crippen molar-refractivity contribution in [2.24, 2.45) is 0 Å². The number of fused-ring (bicyclic) bond motifs is 3. The monoisotopic (exact) mass is 365 g/mol. The Kier molecular flexibility index (Phi) is 6.08. The maximum atomic E-state index is 12.0. The first-order chi connectivity index (χ1) is 11.7. The number of methoxy groups -OCH3 is 1. The molecule has 1 aliphatic rings. The van der Waals surface area contributed by atoms with Crippen molar-refractivity contribution in [3.05, 3.63) is 16.3 Å². The molecule has 3 rings (SSSR count). The summed E-state index contributed by atoms with van der Waals surface area (Å²) in [6.07, 6.45) is 5.59. The van der Waals surface area contributed by atoms with Gasteiger partial charge in [-0.05, 0) is 44.6 Å². The van der Waals surface area contributed by atoms with E-state index in [9.17, 15) is 4.79 Å². The summed E-state index contributed by atoms with van der Waals surface area (Å²) in [5.74, 6) is 1.22. The van der Waals surface area contributed by atoms with E-state index < -0.39 is 0 Å². The number of hydrogen-bond donors (Lipinski definition) is 1. The molecule has 24 heavy (non-hydrogen) atoms. The number of thioether (sulfide) groups is 1. The fourth-order valence-electron chi connectivity index (χ4n) is 2.96. The van der Waals surface area contributed by atoms with Gasteiger partial charge in [-0.3, -0.25) is 4.79 Å². The highest BCUT2D eigenvalue weighted by molar-refractivity contribution is 8.00. The van der Waals surface area contributed by atoms with Crippen molar-refractivity contribution in [2.75, 3.05) is 26.0 Å². The number of nitrogens with zero attached hydrogens (tertiary/aromatic N) is 2. The van der Waals surface area contributed by atoms with Crippen LogP contribution in [0.4, 0.5) is 0 Å². The first kappa shape index (κ1) is 17.6. The summed E-state index contributed by atoms with van der Waals surface area (Å²) in [6, 6.07) is 0. The Morgan fingerprint density at radius 1 is 1.33 bits per heavy atom. The van der Waals surface area contributed by atoms with Gasteiger partial charge in [-0.15, -0.1) is 11.3 Å². The van der Waals surface area contributed by atoms with Crippen LogP contribution >= 0.6 is 23.1 Å². The largest absolute Gasteiger partial charge is 0.385 e. The van der Waals surface area contributed by atoms with Crippen molar-refractivity contribution < 1.29 is 9.53 Å². The number of hydrogen-bond acceptors (Lipinski definition) is 6. The molecule has 7 heteroatoms. The van der Waals surface area contributed by atoms with Gasteiger partial charge in [-0.2, -0.15) is 0 Å². The molecular formula is C17H23N3O2S2. The Labute approximate surface area is 150 Å². The smallest absolute Gasteiger partial charge is 0.230 e. The molecule has 0 saturated carbocycles. The van der Waals surface area contributed by atoms with E-state index in [2.05, 4.69) is 15.3 Å². The first-order valence-corrected chi connectivity index (χ1v) is 10.2. The van der Waals surface area contributed by atoms with Gasteiger partial charge in [-0.1, -0.05) is 11.8 Å². The Morgan fingerprint density at radius 3 is 3.00 bits per heavy atom. The Morgan fingerprint density at radius 2 is 2.17 bits per heavy atom. The second-order valence-corrected chi connectivity index (χ2v) is 8.00. The molecule has 0 aromatic carbocycles. The zero-order valence-corrected chi connectivity index (χ0v) is 15.8. The summed E-state index contributed by atoms with van der Waals surface area (Å²) >= 11 is 3.33. The molecule has 2 aromatic rings. The highest BCUT2D eigenvalue weighted by Gasteiger charge is 2.21. The van der Waals surface area contributed by atoms with Crippen molar-refractivity contribution in [1.29, 1.82) is 0 Å². The van der Waals surface area contributed by atoms with Gasteiger partial charge in [0.2, 0.25) is 5.91 Å². The molecule has 0 spiro atoms. The second kappa shape index (κ2) is 8.27. The molecule has 0 saturated heterocycles. The Hall–Kier alpha value is -1.18. The molecular weight excluding hydrogens is 342 g/mol. The van der Waals surface area contributed by atoms with Crippen molar-refractivity contribution in [3.8, 4) is 0 Å². The normalized spacial score (nSPS) is 13.9. The molecule has 1 amide bonds. The molecule has 0 unspecified atom stereocenters. The fourth-order valence-corrected chi connectivity index (χ4v) is 5.26. The number of rotatable bonds is 7. The van der Waals surface area contributed by atoms with Gasteiger partial charge in [0.05, 0.1) is 5.75 Å². The topological polar surface area (TPSA) is 64.1 Å². The highest BCUT2D eigenvalue weighted by atomic mass is 32.2. The van der Waals surface area contributed by atoms with Crippen molar-refractivity contribution >= 4 is 39.2 Å². The third-order valence-corrected chi connectivity index (χ3v) is 6.24. The van der Waals surface area contributed by atoms with Crippen molar-refractivity contribution in [1.82, 2.24) is 15.3 Å². The Bertz CT molecular complexity index is 730. The fraction of sp³-hybridized carbons (Fsp3) is 0.588. The number of carbonyl (C=O) groups excluding carboxylic acids is 1. The lowest BCUT2D eigenvalue weighted by Gasteiger charge is -2.11. The number of nitrogens with one attached hydrogen (secondary N) is 1. The molecule has 0 aliphatic heterocycles. The summed E-state index contributed by atoms with van der Waals surface area (Å²) in [5, 5.41) is 5.08. The molecule has 130 valence electrons. The van der Waals surface area contributed by atoms with E-state index in [1.54, 1.807) is 18.4 Å². The van der Waals surface area contributed by atoms with Gasteiger partial charge in [0.25, 0.3) is 0 Å². The molecule has 0 atom stereocenters. The number of amides is 1. The molecule has 0 radical (unpaired) electrons. The minimum Gasteiger partial charge on any atom is -0.385 e.